The lowest BCUT2D eigenvalue weighted by Crippen LogP contribution is -2.06. The highest BCUT2D eigenvalue weighted by molar-refractivity contribution is 6.31. The molecule has 0 spiro atoms. The topological polar surface area (TPSA) is 54.4 Å². The van der Waals surface area contributed by atoms with E-state index in [0.29, 0.717) is 10.6 Å². The van der Waals surface area contributed by atoms with Crippen LogP contribution in [0.3, 0.4) is 0 Å². The van der Waals surface area contributed by atoms with Gasteiger partial charge in [0.1, 0.15) is 0 Å². The highest BCUT2D eigenvalue weighted by atomic mass is 35.5. The van der Waals surface area contributed by atoms with Crippen LogP contribution in [0.1, 0.15) is 34.3 Å². The maximum atomic E-state index is 11.7. The van der Waals surface area contributed by atoms with Gasteiger partial charge >= 0.3 is 5.97 Å². The lowest BCUT2D eigenvalue weighted by atomic mass is 9.99. The molecule has 1 N–H and O–H groups in total. The van der Waals surface area contributed by atoms with Gasteiger partial charge in [0.15, 0.2) is 5.78 Å². The van der Waals surface area contributed by atoms with Crippen molar-refractivity contribution >= 4 is 23.4 Å². The molecule has 0 saturated carbocycles. The van der Waals surface area contributed by atoms with Gasteiger partial charge in [0.25, 0.3) is 0 Å². The molecular formula is C12H13ClO3. The number of carbonyl (C=O) groups is 2. The predicted molar refractivity (Wildman–Crippen MR) is 62.1 cm³/mol. The molecule has 0 unspecified atom stereocenters. The van der Waals surface area contributed by atoms with E-state index < -0.39 is 5.97 Å². The third kappa shape index (κ3) is 3.07. The molecule has 0 aromatic heterocycles. The van der Waals surface area contributed by atoms with Crippen molar-refractivity contribution in [1.29, 1.82) is 0 Å². The maximum absolute atomic E-state index is 11.7. The number of halogens is 1. The molecule has 0 amide bonds. The van der Waals surface area contributed by atoms with Gasteiger partial charge in [0, 0.05) is 17.0 Å². The summed E-state index contributed by atoms with van der Waals surface area (Å²) >= 11 is 5.91. The summed E-state index contributed by atoms with van der Waals surface area (Å²) in [5.74, 6) is -1.11. The average molecular weight is 241 g/mol. The molecule has 0 atom stereocenters. The number of aryl methyl sites for hydroxylation is 2. The first-order valence-electron chi connectivity index (χ1n) is 4.93. The van der Waals surface area contributed by atoms with E-state index in [4.69, 9.17) is 16.7 Å². The zero-order chi connectivity index (χ0) is 12.3. The van der Waals surface area contributed by atoms with Crippen molar-refractivity contribution in [3.05, 3.63) is 33.8 Å². The Morgan fingerprint density at radius 2 is 1.81 bits per heavy atom. The third-order valence-electron chi connectivity index (χ3n) is 2.37. The minimum absolute atomic E-state index is 0.0250. The predicted octanol–water partition coefficient (Wildman–Crippen LogP) is 3.00. The number of carbonyl (C=O) groups excluding carboxylic acids is 1. The van der Waals surface area contributed by atoms with E-state index in [0.717, 1.165) is 11.1 Å². The highest BCUT2D eigenvalue weighted by Crippen LogP contribution is 2.21. The van der Waals surface area contributed by atoms with Crippen LogP contribution in [0.5, 0.6) is 0 Å². The number of carboxylic acid groups (broad SMARTS) is 1. The highest BCUT2D eigenvalue weighted by Gasteiger charge is 2.12. The monoisotopic (exact) mass is 240 g/mol. The van der Waals surface area contributed by atoms with Crippen LogP contribution in [0.15, 0.2) is 12.1 Å². The van der Waals surface area contributed by atoms with E-state index in [9.17, 15) is 9.59 Å². The van der Waals surface area contributed by atoms with Crippen molar-refractivity contribution in [2.45, 2.75) is 26.7 Å². The summed E-state index contributed by atoms with van der Waals surface area (Å²) in [6, 6.07) is 3.44. The molecule has 4 heteroatoms. The molecule has 16 heavy (non-hydrogen) atoms. The van der Waals surface area contributed by atoms with E-state index in [2.05, 4.69) is 0 Å². The van der Waals surface area contributed by atoms with Crippen LogP contribution in [0.4, 0.5) is 0 Å². The molecule has 1 aromatic rings. The number of rotatable bonds is 4. The smallest absolute Gasteiger partial charge is 0.303 e. The largest absolute Gasteiger partial charge is 0.481 e. The summed E-state index contributed by atoms with van der Waals surface area (Å²) in [7, 11) is 0. The minimum Gasteiger partial charge on any atom is -0.481 e. The molecule has 3 nitrogen and oxygen atoms in total. The molecule has 0 bridgehead atoms. The SMILES string of the molecule is Cc1cc(C(=O)CCC(=O)O)c(C)cc1Cl. The summed E-state index contributed by atoms with van der Waals surface area (Å²) < 4.78 is 0. The maximum Gasteiger partial charge on any atom is 0.303 e. The standard InChI is InChI=1S/C12H13ClO3/c1-7-6-10(13)8(2)5-9(7)11(14)3-4-12(15)16/h5-6H,3-4H2,1-2H3,(H,15,16). The Hall–Kier alpha value is -1.35. The van der Waals surface area contributed by atoms with Crippen molar-refractivity contribution in [2.24, 2.45) is 0 Å². The number of benzene rings is 1. The van der Waals surface area contributed by atoms with Gasteiger partial charge < -0.3 is 5.11 Å². The fourth-order valence-corrected chi connectivity index (χ4v) is 1.65. The number of carboxylic acids is 1. The van der Waals surface area contributed by atoms with Gasteiger partial charge in [0.2, 0.25) is 0 Å². The van der Waals surface area contributed by atoms with Crippen molar-refractivity contribution in [3.8, 4) is 0 Å². The van der Waals surface area contributed by atoms with E-state index >= 15 is 0 Å². The molecule has 0 saturated heterocycles. The Morgan fingerprint density at radius 1 is 1.19 bits per heavy atom. The number of aliphatic carboxylic acids is 1. The van der Waals surface area contributed by atoms with E-state index in [1.165, 1.54) is 0 Å². The van der Waals surface area contributed by atoms with Crippen molar-refractivity contribution in [3.63, 3.8) is 0 Å². The fraction of sp³-hybridized carbons (Fsp3) is 0.333. The van der Waals surface area contributed by atoms with Gasteiger partial charge in [-0.25, -0.2) is 0 Å². The molecule has 86 valence electrons. The van der Waals surface area contributed by atoms with Crippen LogP contribution in [0.2, 0.25) is 5.02 Å². The first-order valence-corrected chi connectivity index (χ1v) is 5.31. The molecule has 0 aliphatic heterocycles. The molecule has 0 fully saturated rings. The van der Waals surface area contributed by atoms with Crippen LogP contribution >= 0.6 is 11.6 Å². The summed E-state index contributed by atoms with van der Waals surface area (Å²) in [6.07, 6.45) is -0.114. The molecule has 0 radical (unpaired) electrons. The Balaban J connectivity index is 2.91. The molecule has 0 aliphatic rings. The summed E-state index contributed by atoms with van der Waals surface area (Å²) in [5, 5.41) is 9.12. The second kappa shape index (κ2) is 5.12. The van der Waals surface area contributed by atoms with Gasteiger partial charge in [-0.1, -0.05) is 11.6 Å². The quantitative estimate of drug-likeness (QED) is 0.823. The zero-order valence-corrected chi connectivity index (χ0v) is 9.97. The molecular weight excluding hydrogens is 228 g/mol. The molecule has 0 heterocycles. The minimum atomic E-state index is -0.961. The normalized spacial score (nSPS) is 10.2. The van der Waals surface area contributed by atoms with E-state index in [1.54, 1.807) is 19.1 Å². The van der Waals surface area contributed by atoms with E-state index in [-0.39, 0.29) is 18.6 Å². The fourth-order valence-electron chi connectivity index (χ4n) is 1.44. The lowest BCUT2D eigenvalue weighted by molar-refractivity contribution is -0.136. The number of hydrogen-bond acceptors (Lipinski definition) is 2. The number of Topliss-reactive ketones (excluding diaryl/α,β-unsaturated/α-hetero) is 1. The Bertz CT molecular complexity index is 438. The van der Waals surface area contributed by atoms with Gasteiger partial charge in [0.05, 0.1) is 6.42 Å². The van der Waals surface area contributed by atoms with Gasteiger partial charge in [-0.15, -0.1) is 0 Å². The Morgan fingerprint density at radius 3 is 2.38 bits per heavy atom. The first kappa shape index (κ1) is 12.7. The van der Waals surface area contributed by atoms with Gasteiger partial charge in [-0.2, -0.15) is 0 Å². The van der Waals surface area contributed by atoms with Crippen LogP contribution in [-0.4, -0.2) is 16.9 Å². The summed E-state index contributed by atoms with van der Waals surface area (Å²) in [5.41, 5.74) is 2.17. The van der Waals surface area contributed by atoms with Crippen molar-refractivity contribution < 1.29 is 14.7 Å². The van der Waals surface area contributed by atoms with Crippen molar-refractivity contribution in [2.75, 3.05) is 0 Å². The number of ketones is 1. The first-order chi connectivity index (χ1) is 7.41. The van der Waals surface area contributed by atoms with Gasteiger partial charge in [-0.3, -0.25) is 9.59 Å². The van der Waals surface area contributed by atoms with Crippen LogP contribution < -0.4 is 0 Å². The summed E-state index contributed by atoms with van der Waals surface area (Å²) in [4.78, 5) is 22.1. The lowest BCUT2D eigenvalue weighted by Gasteiger charge is -2.07. The van der Waals surface area contributed by atoms with Crippen LogP contribution in [0, 0.1) is 13.8 Å². The second-order valence-corrected chi connectivity index (χ2v) is 4.14. The van der Waals surface area contributed by atoms with Gasteiger partial charge in [-0.05, 0) is 37.1 Å². The molecule has 1 aromatic carbocycles. The van der Waals surface area contributed by atoms with Crippen LogP contribution in [0.25, 0.3) is 0 Å². The second-order valence-electron chi connectivity index (χ2n) is 3.73. The third-order valence-corrected chi connectivity index (χ3v) is 2.78. The summed E-state index contributed by atoms with van der Waals surface area (Å²) in [6.45, 7) is 3.61. The Labute approximate surface area is 99.0 Å². The average Bonchev–Trinajstić information content (AvgIpc) is 2.20. The number of hydrogen-bond donors (Lipinski definition) is 1. The van der Waals surface area contributed by atoms with Crippen LogP contribution in [-0.2, 0) is 4.79 Å². The Kier molecular flexibility index (Phi) is 4.07. The molecule has 1 rings (SSSR count). The zero-order valence-electron chi connectivity index (χ0n) is 9.21. The van der Waals surface area contributed by atoms with E-state index in [1.807, 2.05) is 6.92 Å². The van der Waals surface area contributed by atoms with Crippen molar-refractivity contribution in [1.82, 2.24) is 0 Å². The molecule has 0 aliphatic carbocycles.